The maximum atomic E-state index is 11.2. The van der Waals surface area contributed by atoms with Crippen LogP contribution in [0.5, 0.6) is 23.0 Å². The van der Waals surface area contributed by atoms with Crippen LogP contribution in [-0.4, -0.2) is 11.9 Å². The van der Waals surface area contributed by atoms with E-state index in [9.17, 15) is 9.59 Å². The van der Waals surface area contributed by atoms with Crippen molar-refractivity contribution in [2.75, 3.05) is 0 Å². The molecule has 5 heteroatoms. The Morgan fingerprint density at radius 3 is 2.00 bits per heavy atom. The zero-order valence-electron chi connectivity index (χ0n) is 11.7. The Kier molecular flexibility index (Phi) is 4.56. The topological polar surface area (TPSA) is 61.8 Å². The lowest BCUT2D eigenvalue weighted by molar-refractivity contribution is -0.134. The van der Waals surface area contributed by atoms with Crippen molar-refractivity contribution in [2.24, 2.45) is 0 Å². The average molecular weight is 286 g/mol. The molecule has 0 bridgehead atoms. The molecule has 0 aliphatic rings. The highest BCUT2D eigenvalue weighted by molar-refractivity contribution is 5.75. The predicted molar refractivity (Wildman–Crippen MR) is 75.6 cm³/mol. The summed E-state index contributed by atoms with van der Waals surface area (Å²) >= 11 is 0. The molecule has 2 rings (SSSR count). The van der Waals surface area contributed by atoms with E-state index in [0.29, 0.717) is 5.75 Å². The first-order chi connectivity index (χ1) is 10.1. The summed E-state index contributed by atoms with van der Waals surface area (Å²) in [5, 5.41) is 0. The summed E-state index contributed by atoms with van der Waals surface area (Å²) < 4.78 is 15.8. The van der Waals surface area contributed by atoms with Gasteiger partial charge in [0.15, 0.2) is 11.5 Å². The lowest BCUT2D eigenvalue weighted by atomic mass is 10.3. The van der Waals surface area contributed by atoms with Crippen molar-refractivity contribution >= 4 is 11.9 Å². The highest BCUT2D eigenvalue weighted by atomic mass is 16.6. The SMILES string of the molecule is CC(=O)Oc1cccc(Oc2ccccc2)c1OC(C)=O. The van der Waals surface area contributed by atoms with Crippen molar-refractivity contribution in [2.45, 2.75) is 13.8 Å². The lowest BCUT2D eigenvalue weighted by Gasteiger charge is -2.13. The van der Waals surface area contributed by atoms with Crippen molar-refractivity contribution in [3.63, 3.8) is 0 Å². The molecule has 0 aliphatic heterocycles. The van der Waals surface area contributed by atoms with Crippen LogP contribution in [0.1, 0.15) is 13.8 Å². The summed E-state index contributed by atoms with van der Waals surface area (Å²) in [6.45, 7) is 2.53. The second kappa shape index (κ2) is 6.56. The molecule has 2 aromatic carbocycles. The Labute approximate surface area is 122 Å². The van der Waals surface area contributed by atoms with Crippen LogP contribution >= 0.6 is 0 Å². The number of benzene rings is 2. The monoisotopic (exact) mass is 286 g/mol. The third-order valence-electron chi connectivity index (χ3n) is 2.41. The maximum absolute atomic E-state index is 11.2. The summed E-state index contributed by atoms with van der Waals surface area (Å²) in [4.78, 5) is 22.4. The van der Waals surface area contributed by atoms with Crippen LogP contribution in [0.15, 0.2) is 48.5 Å². The van der Waals surface area contributed by atoms with E-state index in [4.69, 9.17) is 14.2 Å². The third-order valence-corrected chi connectivity index (χ3v) is 2.41. The van der Waals surface area contributed by atoms with Crippen LogP contribution in [0.3, 0.4) is 0 Å². The minimum Gasteiger partial charge on any atom is -0.453 e. The minimum atomic E-state index is -0.535. The molecule has 0 aromatic heterocycles. The quantitative estimate of drug-likeness (QED) is 0.637. The van der Waals surface area contributed by atoms with Gasteiger partial charge in [0.05, 0.1) is 0 Å². The van der Waals surface area contributed by atoms with Crippen LogP contribution in [0.25, 0.3) is 0 Å². The van der Waals surface area contributed by atoms with Crippen molar-refractivity contribution < 1.29 is 23.8 Å². The Bertz CT molecular complexity index is 649. The van der Waals surface area contributed by atoms with E-state index in [1.54, 1.807) is 24.3 Å². The van der Waals surface area contributed by atoms with Gasteiger partial charge in [0.2, 0.25) is 5.75 Å². The molecule has 21 heavy (non-hydrogen) atoms. The summed E-state index contributed by atoms with van der Waals surface area (Å²) in [5.41, 5.74) is 0. The maximum Gasteiger partial charge on any atom is 0.308 e. The van der Waals surface area contributed by atoms with E-state index in [1.165, 1.54) is 19.9 Å². The van der Waals surface area contributed by atoms with E-state index in [2.05, 4.69) is 0 Å². The molecule has 0 saturated heterocycles. The Morgan fingerprint density at radius 1 is 0.762 bits per heavy atom. The van der Waals surface area contributed by atoms with Crippen LogP contribution in [-0.2, 0) is 9.59 Å². The molecule has 0 heterocycles. The number of hydrogen-bond acceptors (Lipinski definition) is 5. The average Bonchev–Trinajstić information content (AvgIpc) is 2.42. The largest absolute Gasteiger partial charge is 0.453 e. The number of rotatable bonds is 4. The highest BCUT2D eigenvalue weighted by Gasteiger charge is 2.16. The number of esters is 2. The molecule has 0 atom stereocenters. The van der Waals surface area contributed by atoms with E-state index >= 15 is 0 Å². The summed E-state index contributed by atoms with van der Waals surface area (Å²) in [6.07, 6.45) is 0. The second-order valence-corrected chi connectivity index (χ2v) is 4.19. The molecule has 108 valence electrons. The normalized spacial score (nSPS) is 9.81. The van der Waals surface area contributed by atoms with Gasteiger partial charge in [0, 0.05) is 13.8 Å². The van der Waals surface area contributed by atoms with Gasteiger partial charge < -0.3 is 14.2 Å². The van der Waals surface area contributed by atoms with Crippen molar-refractivity contribution in [3.8, 4) is 23.0 Å². The molecule has 0 unspecified atom stereocenters. The fourth-order valence-electron chi connectivity index (χ4n) is 1.67. The molecular weight excluding hydrogens is 272 g/mol. The van der Waals surface area contributed by atoms with Crippen molar-refractivity contribution in [1.29, 1.82) is 0 Å². The molecule has 0 amide bonds. The van der Waals surface area contributed by atoms with Gasteiger partial charge in [-0.25, -0.2) is 0 Å². The second-order valence-electron chi connectivity index (χ2n) is 4.19. The molecule has 0 saturated carbocycles. The van der Waals surface area contributed by atoms with E-state index in [1.807, 2.05) is 18.2 Å². The van der Waals surface area contributed by atoms with Crippen molar-refractivity contribution in [3.05, 3.63) is 48.5 Å². The fraction of sp³-hybridized carbons (Fsp3) is 0.125. The van der Waals surface area contributed by atoms with Crippen LogP contribution < -0.4 is 14.2 Å². The molecule has 5 nitrogen and oxygen atoms in total. The summed E-state index contributed by atoms with van der Waals surface area (Å²) in [7, 11) is 0. The number of para-hydroxylation sites is 2. The first-order valence-corrected chi connectivity index (χ1v) is 6.29. The Morgan fingerprint density at radius 2 is 1.38 bits per heavy atom. The van der Waals surface area contributed by atoms with Crippen LogP contribution in [0.4, 0.5) is 0 Å². The van der Waals surface area contributed by atoms with Gasteiger partial charge in [0.25, 0.3) is 0 Å². The molecule has 2 aromatic rings. The lowest BCUT2D eigenvalue weighted by Crippen LogP contribution is -2.08. The molecule has 0 N–H and O–H groups in total. The van der Waals surface area contributed by atoms with Gasteiger partial charge >= 0.3 is 11.9 Å². The number of carbonyl (C=O) groups excluding carboxylic acids is 2. The first kappa shape index (κ1) is 14.6. The number of carbonyl (C=O) groups is 2. The van der Waals surface area contributed by atoms with Gasteiger partial charge in [0.1, 0.15) is 5.75 Å². The highest BCUT2D eigenvalue weighted by Crippen LogP contribution is 2.39. The smallest absolute Gasteiger partial charge is 0.308 e. The van der Waals surface area contributed by atoms with Gasteiger partial charge in [-0.2, -0.15) is 0 Å². The van der Waals surface area contributed by atoms with E-state index in [0.717, 1.165) is 0 Å². The summed E-state index contributed by atoms with van der Waals surface area (Å²) in [6, 6.07) is 13.8. The van der Waals surface area contributed by atoms with Gasteiger partial charge in [-0.3, -0.25) is 9.59 Å². The fourth-order valence-corrected chi connectivity index (χ4v) is 1.67. The Balaban J connectivity index is 2.39. The minimum absolute atomic E-state index is 0.0732. The van der Waals surface area contributed by atoms with Crippen LogP contribution in [0, 0.1) is 0 Å². The zero-order valence-corrected chi connectivity index (χ0v) is 11.7. The summed E-state index contributed by atoms with van der Waals surface area (Å²) in [5.74, 6) is 0.0176. The van der Waals surface area contributed by atoms with E-state index < -0.39 is 11.9 Å². The van der Waals surface area contributed by atoms with Gasteiger partial charge in [-0.1, -0.05) is 24.3 Å². The predicted octanol–water partition coefficient (Wildman–Crippen LogP) is 3.33. The molecule has 0 radical (unpaired) electrons. The molecule has 0 spiro atoms. The zero-order chi connectivity index (χ0) is 15.2. The number of hydrogen-bond donors (Lipinski definition) is 0. The Hall–Kier alpha value is -2.82. The molecular formula is C16H14O5. The van der Waals surface area contributed by atoms with Crippen molar-refractivity contribution in [1.82, 2.24) is 0 Å². The van der Waals surface area contributed by atoms with Gasteiger partial charge in [-0.05, 0) is 24.3 Å². The first-order valence-electron chi connectivity index (χ1n) is 6.29. The van der Waals surface area contributed by atoms with Gasteiger partial charge in [-0.15, -0.1) is 0 Å². The number of ether oxygens (including phenoxy) is 3. The molecule has 0 fully saturated rings. The molecule has 0 aliphatic carbocycles. The third kappa shape index (κ3) is 4.07. The van der Waals surface area contributed by atoms with E-state index in [-0.39, 0.29) is 17.2 Å². The standard InChI is InChI=1S/C16H14O5/c1-11(17)19-14-9-6-10-15(16(14)20-12(2)18)21-13-7-4-3-5-8-13/h3-10H,1-2H3. The van der Waals surface area contributed by atoms with Crippen LogP contribution in [0.2, 0.25) is 0 Å².